The van der Waals surface area contributed by atoms with E-state index < -0.39 is 0 Å². The maximum atomic E-state index is 5.93. The van der Waals surface area contributed by atoms with Gasteiger partial charge in [0.2, 0.25) is 5.89 Å². The molecule has 0 atom stereocenters. The molecule has 0 bridgehead atoms. The van der Waals surface area contributed by atoms with Gasteiger partial charge < -0.3 is 9.15 Å². The van der Waals surface area contributed by atoms with Gasteiger partial charge in [0.05, 0.1) is 5.69 Å². The minimum atomic E-state index is 0.670. The van der Waals surface area contributed by atoms with Crippen LogP contribution in [0.3, 0.4) is 0 Å². The van der Waals surface area contributed by atoms with Crippen LogP contribution in [0.4, 0.5) is 0 Å². The van der Waals surface area contributed by atoms with Crippen molar-refractivity contribution in [1.82, 2.24) is 9.88 Å². The molecule has 0 amide bonds. The lowest BCUT2D eigenvalue weighted by Crippen LogP contribution is -2.34. The normalized spacial score (nSPS) is 16.8. The highest BCUT2D eigenvalue weighted by Crippen LogP contribution is 2.25. The maximum absolute atomic E-state index is 5.93. The first kappa shape index (κ1) is 16.5. The summed E-state index contributed by atoms with van der Waals surface area (Å²) >= 11 is 5.93. The highest BCUT2D eigenvalue weighted by Gasteiger charge is 2.21. The van der Waals surface area contributed by atoms with Crippen molar-refractivity contribution in [3.63, 3.8) is 0 Å². The maximum Gasteiger partial charge on any atom is 0.226 e. The number of oxazole rings is 1. The Bertz CT molecular complexity index is 631. The van der Waals surface area contributed by atoms with Gasteiger partial charge in [-0.15, -0.1) is 0 Å². The quantitative estimate of drug-likeness (QED) is 0.823. The van der Waals surface area contributed by atoms with E-state index in [1.54, 1.807) is 7.11 Å². The number of aromatic nitrogens is 1. The van der Waals surface area contributed by atoms with E-state index in [0.29, 0.717) is 11.8 Å². The number of ether oxygens (including phenoxy) is 1. The summed E-state index contributed by atoms with van der Waals surface area (Å²) < 4.78 is 11.1. The van der Waals surface area contributed by atoms with Crippen LogP contribution in [-0.4, -0.2) is 36.7 Å². The lowest BCUT2D eigenvalue weighted by molar-refractivity contribution is 0.0962. The van der Waals surface area contributed by atoms with E-state index in [2.05, 4.69) is 9.88 Å². The van der Waals surface area contributed by atoms with Crippen LogP contribution in [0.5, 0.6) is 0 Å². The fraction of sp³-hybridized carbons (Fsp3) is 0.500. The zero-order chi connectivity index (χ0) is 16.2. The van der Waals surface area contributed by atoms with Crippen molar-refractivity contribution < 1.29 is 9.15 Å². The molecule has 1 aromatic carbocycles. The lowest BCUT2D eigenvalue weighted by atomic mass is 9.98. The molecule has 1 fully saturated rings. The van der Waals surface area contributed by atoms with E-state index in [1.165, 1.54) is 12.8 Å². The molecule has 3 rings (SSSR count). The van der Waals surface area contributed by atoms with Gasteiger partial charge in [-0.25, -0.2) is 4.98 Å². The zero-order valence-electron chi connectivity index (χ0n) is 13.7. The Labute approximate surface area is 142 Å². The molecule has 1 aliphatic heterocycles. The van der Waals surface area contributed by atoms with E-state index in [9.17, 15) is 0 Å². The Morgan fingerprint density at radius 2 is 1.96 bits per heavy atom. The molecule has 0 unspecified atom stereocenters. The molecule has 1 saturated heterocycles. The molecule has 0 radical (unpaired) electrons. The summed E-state index contributed by atoms with van der Waals surface area (Å²) in [4.78, 5) is 7.13. The summed E-state index contributed by atoms with van der Waals surface area (Å²) in [6, 6.07) is 7.59. The van der Waals surface area contributed by atoms with Crippen LogP contribution < -0.4 is 0 Å². The van der Waals surface area contributed by atoms with Crippen molar-refractivity contribution in [3.05, 3.63) is 40.7 Å². The standard InChI is InChI=1S/C18H23ClN2O2/c1-13-17(11-21-9-7-14(8-10-21)12-22-2)20-18(23-13)15-3-5-16(19)6-4-15/h3-6,14H,7-12H2,1-2H3. The molecule has 4 nitrogen and oxygen atoms in total. The molecule has 5 heteroatoms. The first-order chi connectivity index (χ1) is 11.2. The number of aryl methyl sites for hydroxylation is 1. The molecular formula is C18H23ClN2O2. The van der Waals surface area contributed by atoms with Crippen molar-refractivity contribution >= 4 is 11.6 Å². The molecule has 0 aliphatic carbocycles. The number of nitrogens with zero attached hydrogens (tertiary/aromatic N) is 2. The van der Waals surface area contributed by atoms with E-state index in [4.69, 9.17) is 20.8 Å². The number of benzene rings is 1. The summed E-state index contributed by atoms with van der Waals surface area (Å²) in [5.41, 5.74) is 1.99. The molecule has 1 aliphatic rings. The van der Waals surface area contributed by atoms with Gasteiger partial charge in [0.25, 0.3) is 0 Å². The third kappa shape index (κ3) is 4.14. The Balaban J connectivity index is 1.64. The van der Waals surface area contributed by atoms with Crippen LogP contribution in [0.1, 0.15) is 24.3 Å². The number of hydrogen-bond acceptors (Lipinski definition) is 4. The Kier molecular flexibility index (Phi) is 5.36. The third-order valence-electron chi connectivity index (χ3n) is 4.47. The molecule has 1 aromatic heterocycles. The number of piperidine rings is 1. The fourth-order valence-corrected chi connectivity index (χ4v) is 3.18. The van der Waals surface area contributed by atoms with Gasteiger partial charge in [-0.05, 0) is 63.0 Å². The van der Waals surface area contributed by atoms with Crippen LogP contribution >= 0.6 is 11.6 Å². The number of hydrogen-bond donors (Lipinski definition) is 0. The molecule has 0 saturated carbocycles. The van der Waals surface area contributed by atoms with Crippen LogP contribution in [0.15, 0.2) is 28.7 Å². The second kappa shape index (κ2) is 7.47. The highest BCUT2D eigenvalue weighted by atomic mass is 35.5. The summed E-state index contributed by atoms with van der Waals surface area (Å²) in [7, 11) is 1.78. The van der Waals surface area contributed by atoms with Gasteiger partial charge in [0, 0.05) is 30.8 Å². The predicted molar refractivity (Wildman–Crippen MR) is 91.6 cm³/mol. The summed E-state index contributed by atoms with van der Waals surface area (Å²) in [6.45, 7) is 5.90. The topological polar surface area (TPSA) is 38.5 Å². The second-order valence-corrected chi connectivity index (χ2v) is 6.64. The summed E-state index contributed by atoms with van der Waals surface area (Å²) in [5.74, 6) is 2.26. The van der Waals surface area contributed by atoms with Crippen LogP contribution in [0.25, 0.3) is 11.5 Å². The molecule has 124 valence electrons. The Hall–Kier alpha value is -1.36. The van der Waals surface area contributed by atoms with Crippen molar-refractivity contribution in [3.8, 4) is 11.5 Å². The molecular weight excluding hydrogens is 312 g/mol. The smallest absolute Gasteiger partial charge is 0.226 e. The molecule has 0 N–H and O–H groups in total. The monoisotopic (exact) mass is 334 g/mol. The number of rotatable bonds is 5. The summed E-state index contributed by atoms with van der Waals surface area (Å²) in [5, 5.41) is 0.719. The van der Waals surface area contributed by atoms with Crippen molar-refractivity contribution in [2.45, 2.75) is 26.3 Å². The fourth-order valence-electron chi connectivity index (χ4n) is 3.05. The second-order valence-electron chi connectivity index (χ2n) is 6.20. The molecule has 2 heterocycles. The van der Waals surface area contributed by atoms with E-state index >= 15 is 0 Å². The Morgan fingerprint density at radius 3 is 2.61 bits per heavy atom. The average molecular weight is 335 g/mol. The minimum absolute atomic E-state index is 0.670. The largest absolute Gasteiger partial charge is 0.441 e. The van der Waals surface area contributed by atoms with Crippen LogP contribution in [0, 0.1) is 12.8 Å². The minimum Gasteiger partial charge on any atom is -0.441 e. The van der Waals surface area contributed by atoms with Crippen molar-refractivity contribution in [2.75, 3.05) is 26.8 Å². The highest BCUT2D eigenvalue weighted by molar-refractivity contribution is 6.30. The van der Waals surface area contributed by atoms with E-state index in [-0.39, 0.29) is 0 Å². The summed E-state index contributed by atoms with van der Waals surface area (Å²) in [6.07, 6.45) is 2.38. The van der Waals surface area contributed by atoms with Gasteiger partial charge in [-0.2, -0.15) is 0 Å². The molecule has 0 spiro atoms. The predicted octanol–water partition coefficient (Wildman–Crippen LogP) is 4.16. The van der Waals surface area contributed by atoms with Crippen molar-refractivity contribution in [1.29, 1.82) is 0 Å². The SMILES string of the molecule is COCC1CCN(Cc2nc(-c3ccc(Cl)cc3)oc2C)CC1. The molecule has 2 aromatic rings. The zero-order valence-corrected chi connectivity index (χ0v) is 14.5. The Morgan fingerprint density at radius 1 is 1.26 bits per heavy atom. The third-order valence-corrected chi connectivity index (χ3v) is 4.72. The molecule has 23 heavy (non-hydrogen) atoms. The van der Waals surface area contributed by atoms with Crippen LogP contribution in [0.2, 0.25) is 5.02 Å². The van der Waals surface area contributed by atoms with E-state index in [0.717, 1.165) is 48.3 Å². The first-order valence-corrected chi connectivity index (χ1v) is 8.47. The van der Waals surface area contributed by atoms with Crippen molar-refractivity contribution in [2.24, 2.45) is 5.92 Å². The number of halogens is 1. The average Bonchev–Trinajstić information content (AvgIpc) is 2.91. The van der Waals surface area contributed by atoms with Gasteiger partial charge in [0.15, 0.2) is 0 Å². The number of methoxy groups -OCH3 is 1. The van der Waals surface area contributed by atoms with Gasteiger partial charge in [0.1, 0.15) is 5.76 Å². The van der Waals surface area contributed by atoms with E-state index in [1.807, 2.05) is 31.2 Å². The number of likely N-dealkylation sites (tertiary alicyclic amines) is 1. The first-order valence-electron chi connectivity index (χ1n) is 8.09. The van der Waals surface area contributed by atoms with Gasteiger partial charge in [-0.3, -0.25) is 4.90 Å². The van der Waals surface area contributed by atoms with Gasteiger partial charge >= 0.3 is 0 Å². The lowest BCUT2D eigenvalue weighted by Gasteiger charge is -2.31. The van der Waals surface area contributed by atoms with Gasteiger partial charge in [-0.1, -0.05) is 11.6 Å². The van der Waals surface area contributed by atoms with Crippen LogP contribution in [-0.2, 0) is 11.3 Å².